The van der Waals surface area contributed by atoms with Crippen LogP contribution in [-0.4, -0.2) is 19.5 Å². The number of hydrogen-bond acceptors (Lipinski definition) is 2. The summed E-state index contributed by atoms with van der Waals surface area (Å²) in [6.45, 7) is 2.63. The summed E-state index contributed by atoms with van der Waals surface area (Å²) in [6.07, 6.45) is 4.55. The van der Waals surface area contributed by atoms with Crippen molar-refractivity contribution in [3.05, 3.63) is 34.5 Å². The molecule has 15 heavy (non-hydrogen) atoms. The van der Waals surface area contributed by atoms with Crippen molar-refractivity contribution in [2.45, 2.75) is 19.9 Å². The number of halogens is 1. The van der Waals surface area contributed by atoms with Crippen molar-refractivity contribution in [3.63, 3.8) is 0 Å². The highest BCUT2D eigenvalue weighted by Gasteiger charge is 2.04. The zero-order chi connectivity index (χ0) is 10.8. The molecule has 0 fully saturated rings. The fourth-order valence-electron chi connectivity index (χ4n) is 1.55. The molecule has 80 valence electrons. The largest absolute Gasteiger partial charge is 0.312 e. The topological polar surface area (TPSA) is 39.3 Å². The molecule has 0 bridgehead atoms. The van der Waals surface area contributed by atoms with E-state index in [-0.39, 0.29) is 5.56 Å². The van der Waals surface area contributed by atoms with Crippen LogP contribution in [-0.2, 0) is 6.54 Å². The van der Waals surface area contributed by atoms with Crippen molar-refractivity contribution >= 4 is 21.4 Å². The minimum Gasteiger partial charge on any atom is -0.312 e. The summed E-state index contributed by atoms with van der Waals surface area (Å²) in [5.41, 5.74) is 1.54. The molecule has 0 atom stereocenters. The number of aryl methyl sites for hydroxylation is 2. The number of rotatable bonds is 3. The van der Waals surface area contributed by atoms with Crippen LogP contribution in [0.2, 0.25) is 0 Å². The lowest BCUT2D eigenvalue weighted by Crippen LogP contribution is -2.21. The van der Waals surface area contributed by atoms with Crippen LogP contribution in [0.3, 0.4) is 0 Å². The second-order valence-corrected chi connectivity index (χ2v) is 4.25. The molecule has 0 aliphatic rings. The molecule has 2 rings (SSSR count). The zero-order valence-corrected chi connectivity index (χ0v) is 10.1. The Labute approximate surface area is 95.7 Å². The van der Waals surface area contributed by atoms with Crippen molar-refractivity contribution in [3.8, 4) is 0 Å². The molecule has 0 saturated heterocycles. The molecule has 5 heteroatoms. The summed E-state index contributed by atoms with van der Waals surface area (Å²) < 4.78 is 3.35. The van der Waals surface area contributed by atoms with E-state index in [1.54, 1.807) is 15.3 Å². The quantitative estimate of drug-likeness (QED) is 0.794. The second kappa shape index (κ2) is 4.18. The molecule has 0 N–H and O–H groups in total. The molecule has 0 saturated carbocycles. The van der Waals surface area contributed by atoms with Gasteiger partial charge in [0.25, 0.3) is 5.56 Å². The van der Waals surface area contributed by atoms with E-state index in [2.05, 4.69) is 21.0 Å². The highest BCUT2D eigenvalue weighted by molar-refractivity contribution is 9.09. The predicted molar refractivity (Wildman–Crippen MR) is 62.6 cm³/mol. The van der Waals surface area contributed by atoms with E-state index in [1.165, 1.54) is 0 Å². The van der Waals surface area contributed by atoms with Gasteiger partial charge in [-0.2, -0.15) is 5.10 Å². The van der Waals surface area contributed by atoms with Crippen LogP contribution in [0.5, 0.6) is 0 Å². The van der Waals surface area contributed by atoms with Crippen LogP contribution in [0.15, 0.2) is 23.3 Å². The first kappa shape index (κ1) is 10.4. The van der Waals surface area contributed by atoms with Gasteiger partial charge in [0.2, 0.25) is 0 Å². The lowest BCUT2D eigenvalue weighted by Gasteiger charge is -2.03. The monoisotopic (exact) mass is 269 g/mol. The molecule has 0 aromatic carbocycles. The van der Waals surface area contributed by atoms with Gasteiger partial charge >= 0.3 is 0 Å². The second-order valence-electron chi connectivity index (χ2n) is 3.45. The average molecular weight is 270 g/mol. The van der Waals surface area contributed by atoms with Crippen molar-refractivity contribution in [1.82, 2.24) is 14.2 Å². The molecule has 4 nitrogen and oxygen atoms in total. The van der Waals surface area contributed by atoms with Gasteiger partial charge in [0.15, 0.2) is 0 Å². The van der Waals surface area contributed by atoms with Crippen LogP contribution in [0, 0.1) is 6.92 Å². The Morgan fingerprint density at radius 1 is 1.47 bits per heavy atom. The van der Waals surface area contributed by atoms with Gasteiger partial charge in [0, 0.05) is 24.3 Å². The summed E-state index contributed by atoms with van der Waals surface area (Å²) in [5.74, 6) is 0. The number of aromatic nitrogens is 3. The van der Waals surface area contributed by atoms with Crippen molar-refractivity contribution in [2.24, 2.45) is 0 Å². The van der Waals surface area contributed by atoms with Gasteiger partial charge in [-0.25, -0.2) is 4.52 Å². The molecular formula is C10H12BrN3O. The molecule has 0 radical (unpaired) electrons. The third-order valence-corrected chi connectivity index (χ3v) is 2.82. The fraction of sp³-hybridized carbons (Fsp3) is 0.400. The maximum Gasteiger partial charge on any atom is 0.276 e. The molecule has 2 heterocycles. The van der Waals surface area contributed by atoms with E-state index >= 15 is 0 Å². The van der Waals surface area contributed by atoms with Crippen LogP contribution < -0.4 is 5.56 Å². The highest BCUT2D eigenvalue weighted by atomic mass is 79.9. The smallest absolute Gasteiger partial charge is 0.276 e. The minimum atomic E-state index is 0.0269. The van der Waals surface area contributed by atoms with E-state index < -0.39 is 0 Å². The molecule has 2 aromatic heterocycles. The zero-order valence-electron chi connectivity index (χ0n) is 8.48. The van der Waals surface area contributed by atoms with E-state index in [0.717, 1.165) is 24.0 Å². The Balaban J connectivity index is 2.50. The third kappa shape index (κ3) is 1.97. The minimum absolute atomic E-state index is 0.0269. The lowest BCUT2D eigenvalue weighted by atomic mass is 10.4. The van der Waals surface area contributed by atoms with E-state index in [9.17, 15) is 4.79 Å². The van der Waals surface area contributed by atoms with Crippen LogP contribution in [0.25, 0.3) is 5.52 Å². The predicted octanol–water partition coefficient (Wildman–Crippen LogP) is 1.59. The van der Waals surface area contributed by atoms with Crippen LogP contribution in [0.1, 0.15) is 12.1 Å². The Bertz CT molecular complexity index is 529. The first-order chi connectivity index (χ1) is 7.22. The standard InChI is InChI=1S/C10H12BrN3O/c1-8-7-9-10(15)13(4-2-3-11)5-6-14(9)12-8/h5-7H,2-4H2,1H3. The van der Waals surface area contributed by atoms with Gasteiger partial charge in [-0.05, 0) is 19.4 Å². The molecular weight excluding hydrogens is 258 g/mol. The summed E-state index contributed by atoms with van der Waals surface area (Å²) in [4.78, 5) is 11.9. The normalized spacial score (nSPS) is 11.1. The fourth-order valence-corrected chi connectivity index (χ4v) is 1.81. The Morgan fingerprint density at radius 3 is 3.00 bits per heavy atom. The van der Waals surface area contributed by atoms with E-state index in [0.29, 0.717) is 5.52 Å². The van der Waals surface area contributed by atoms with Crippen molar-refractivity contribution < 1.29 is 0 Å². The summed E-state index contributed by atoms with van der Waals surface area (Å²) >= 11 is 3.35. The summed E-state index contributed by atoms with van der Waals surface area (Å²) in [7, 11) is 0. The van der Waals surface area contributed by atoms with E-state index in [1.807, 2.05) is 19.2 Å². The van der Waals surface area contributed by atoms with Gasteiger partial charge in [-0.1, -0.05) is 15.9 Å². The number of alkyl halides is 1. The lowest BCUT2D eigenvalue weighted by molar-refractivity contribution is 0.653. The summed E-state index contributed by atoms with van der Waals surface area (Å²) in [6, 6.07) is 1.81. The number of nitrogens with zero attached hydrogens (tertiary/aromatic N) is 3. The number of fused-ring (bicyclic) bond motifs is 1. The Kier molecular flexibility index (Phi) is 2.90. The molecule has 0 aliphatic carbocycles. The first-order valence-electron chi connectivity index (χ1n) is 4.84. The highest BCUT2D eigenvalue weighted by Crippen LogP contribution is 2.00. The SMILES string of the molecule is Cc1cc2c(=O)n(CCCBr)ccn2n1. The average Bonchev–Trinajstić information content (AvgIpc) is 2.59. The van der Waals surface area contributed by atoms with Gasteiger partial charge in [-0.3, -0.25) is 4.79 Å². The molecule has 2 aromatic rings. The van der Waals surface area contributed by atoms with E-state index in [4.69, 9.17) is 0 Å². The van der Waals surface area contributed by atoms with Crippen molar-refractivity contribution in [1.29, 1.82) is 0 Å². The van der Waals surface area contributed by atoms with Crippen LogP contribution >= 0.6 is 15.9 Å². The Morgan fingerprint density at radius 2 is 2.27 bits per heavy atom. The molecule has 0 aliphatic heterocycles. The van der Waals surface area contributed by atoms with Gasteiger partial charge in [0.1, 0.15) is 5.52 Å². The van der Waals surface area contributed by atoms with Crippen molar-refractivity contribution in [2.75, 3.05) is 5.33 Å². The molecule has 0 amide bonds. The van der Waals surface area contributed by atoms with Gasteiger partial charge in [0.05, 0.1) is 5.69 Å². The Hall–Kier alpha value is -1.10. The number of hydrogen-bond donors (Lipinski definition) is 0. The van der Waals surface area contributed by atoms with Gasteiger partial charge < -0.3 is 4.57 Å². The maximum atomic E-state index is 11.9. The maximum absolute atomic E-state index is 11.9. The summed E-state index contributed by atoms with van der Waals surface area (Å²) in [5, 5.41) is 5.10. The van der Waals surface area contributed by atoms with Gasteiger partial charge in [-0.15, -0.1) is 0 Å². The first-order valence-corrected chi connectivity index (χ1v) is 5.96. The molecule has 0 unspecified atom stereocenters. The third-order valence-electron chi connectivity index (χ3n) is 2.26. The molecule has 0 spiro atoms. The van der Waals surface area contributed by atoms with Crippen LogP contribution in [0.4, 0.5) is 0 Å².